The van der Waals surface area contributed by atoms with Gasteiger partial charge in [0.25, 0.3) is 0 Å². The van der Waals surface area contributed by atoms with Gasteiger partial charge in [-0.05, 0) is 42.5 Å². The number of hydrogen-bond acceptors (Lipinski definition) is 6. The summed E-state index contributed by atoms with van der Waals surface area (Å²) in [5.74, 6) is 0.355. The molecule has 0 fully saturated rings. The van der Waals surface area contributed by atoms with Crippen molar-refractivity contribution in [2.24, 2.45) is 5.73 Å². The highest BCUT2D eigenvalue weighted by molar-refractivity contribution is 5.90. The van der Waals surface area contributed by atoms with Gasteiger partial charge in [-0.15, -0.1) is 0 Å². The van der Waals surface area contributed by atoms with Crippen LogP contribution in [-0.4, -0.2) is 25.4 Å². The molecular formula is C18H21N7O. The summed E-state index contributed by atoms with van der Waals surface area (Å²) in [5, 5.41) is 2.96. The molecule has 8 nitrogen and oxygen atoms in total. The number of nitrogens with zero attached hydrogens (tertiary/aromatic N) is 4. The van der Waals surface area contributed by atoms with Gasteiger partial charge in [0.05, 0.1) is 6.33 Å². The fourth-order valence-corrected chi connectivity index (χ4v) is 3.42. The summed E-state index contributed by atoms with van der Waals surface area (Å²) < 4.78 is 1.89. The number of aromatic nitrogens is 4. The van der Waals surface area contributed by atoms with Gasteiger partial charge in [0.2, 0.25) is 5.91 Å². The summed E-state index contributed by atoms with van der Waals surface area (Å²) >= 11 is 0. The number of imidazole rings is 1. The van der Waals surface area contributed by atoms with Crippen LogP contribution >= 0.6 is 0 Å². The first-order chi connectivity index (χ1) is 12.6. The van der Waals surface area contributed by atoms with Crippen molar-refractivity contribution < 1.29 is 4.79 Å². The molecule has 1 aliphatic carbocycles. The van der Waals surface area contributed by atoms with Crippen LogP contribution in [0.1, 0.15) is 36.4 Å². The number of hydrogen-bond donors (Lipinski definition) is 3. The van der Waals surface area contributed by atoms with Crippen LogP contribution in [0.2, 0.25) is 0 Å². The fourth-order valence-electron chi connectivity index (χ4n) is 3.42. The third kappa shape index (κ3) is 3.11. The summed E-state index contributed by atoms with van der Waals surface area (Å²) in [5.41, 5.74) is 16.4. The molecule has 0 bridgehead atoms. The van der Waals surface area contributed by atoms with Crippen LogP contribution in [0.3, 0.4) is 0 Å². The van der Waals surface area contributed by atoms with Crippen LogP contribution in [-0.2, 0) is 17.8 Å². The highest BCUT2D eigenvalue weighted by Gasteiger charge is 2.19. The van der Waals surface area contributed by atoms with E-state index in [9.17, 15) is 4.79 Å². The molecule has 2 heterocycles. The number of fused-ring (bicyclic) bond motifs is 2. The predicted octanol–water partition coefficient (Wildman–Crippen LogP) is 1.77. The van der Waals surface area contributed by atoms with Gasteiger partial charge < -0.3 is 21.4 Å². The first kappa shape index (κ1) is 16.5. The smallest absolute Gasteiger partial charge is 0.224 e. The Labute approximate surface area is 150 Å². The Morgan fingerprint density at radius 1 is 1.31 bits per heavy atom. The zero-order chi connectivity index (χ0) is 18.1. The van der Waals surface area contributed by atoms with Crippen molar-refractivity contribution in [3.05, 3.63) is 42.0 Å². The molecule has 1 amide bonds. The predicted molar refractivity (Wildman–Crippen MR) is 99.3 cm³/mol. The van der Waals surface area contributed by atoms with E-state index >= 15 is 0 Å². The number of rotatable bonds is 5. The Morgan fingerprint density at radius 2 is 2.19 bits per heavy atom. The monoisotopic (exact) mass is 351 g/mol. The standard InChI is InChI=1S/C18H21N7O/c19-14-6-3-11-8-12(4-5-13(11)14)24-15(26)2-1-7-25-10-23-16-17(20)21-9-22-18(16)25/h4-5,8-10,14H,1-3,6-7,19H2,(H,24,26)(H2,20,21,22)/t14-/m0/s1. The molecule has 4 rings (SSSR count). The van der Waals surface area contributed by atoms with Crippen molar-refractivity contribution in [2.75, 3.05) is 11.1 Å². The fraction of sp³-hybridized carbons (Fsp3) is 0.333. The first-order valence-corrected chi connectivity index (χ1v) is 8.71. The molecule has 134 valence electrons. The lowest BCUT2D eigenvalue weighted by Gasteiger charge is -2.09. The lowest BCUT2D eigenvalue weighted by Crippen LogP contribution is -2.13. The molecule has 1 aliphatic rings. The summed E-state index contributed by atoms with van der Waals surface area (Å²) in [4.78, 5) is 24.6. The third-order valence-electron chi connectivity index (χ3n) is 4.78. The van der Waals surface area contributed by atoms with Crippen LogP contribution < -0.4 is 16.8 Å². The van der Waals surface area contributed by atoms with Crippen LogP contribution in [0.25, 0.3) is 11.2 Å². The quantitative estimate of drug-likeness (QED) is 0.643. The van der Waals surface area contributed by atoms with Gasteiger partial charge in [-0.2, -0.15) is 0 Å². The second-order valence-corrected chi connectivity index (χ2v) is 6.58. The molecule has 8 heteroatoms. The number of nitrogen functional groups attached to an aromatic ring is 1. The van der Waals surface area contributed by atoms with Crippen LogP contribution in [0.5, 0.6) is 0 Å². The Kier molecular flexibility index (Phi) is 4.26. The number of aryl methyl sites for hydroxylation is 2. The maximum Gasteiger partial charge on any atom is 0.224 e. The van der Waals surface area contributed by atoms with Crippen molar-refractivity contribution in [1.29, 1.82) is 0 Å². The molecule has 5 N–H and O–H groups in total. The van der Waals surface area contributed by atoms with E-state index in [0.29, 0.717) is 36.4 Å². The van der Waals surface area contributed by atoms with Gasteiger partial charge in [-0.3, -0.25) is 4.79 Å². The zero-order valence-electron chi connectivity index (χ0n) is 14.4. The number of amides is 1. The van der Waals surface area contributed by atoms with Gasteiger partial charge in [0, 0.05) is 24.7 Å². The minimum Gasteiger partial charge on any atom is -0.382 e. The molecule has 0 unspecified atom stereocenters. The summed E-state index contributed by atoms with van der Waals surface area (Å²) in [6, 6.07) is 6.09. The number of carbonyl (C=O) groups is 1. The van der Waals surface area contributed by atoms with E-state index in [-0.39, 0.29) is 11.9 Å². The Balaban J connectivity index is 1.33. The largest absolute Gasteiger partial charge is 0.382 e. The number of nitrogens with two attached hydrogens (primary N) is 2. The molecule has 0 saturated heterocycles. The molecule has 0 aliphatic heterocycles. The van der Waals surface area contributed by atoms with Crippen molar-refractivity contribution in [1.82, 2.24) is 19.5 Å². The number of carbonyl (C=O) groups excluding carboxylic acids is 1. The number of benzene rings is 1. The minimum atomic E-state index is -0.00851. The van der Waals surface area contributed by atoms with E-state index in [1.807, 2.05) is 22.8 Å². The molecule has 3 aromatic rings. The van der Waals surface area contributed by atoms with E-state index in [1.165, 1.54) is 17.5 Å². The van der Waals surface area contributed by atoms with Crippen LogP contribution in [0.4, 0.5) is 11.5 Å². The van der Waals surface area contributed by atoms with Crippen LogP contribution in [0.15, 0.2) is 30.9 Å². The lowest BCUT2D eigenvalue weighted by molar-refractivity contribution is -0.116. The first-order valence-electron chi connectivity index (χ1n) is 8.71. The Hall–Kier alpha value is -3.00. The molecule has 0 saturated carbocycles. The van der Waals surface area contributed by atoms with E-state index in [2.05, 4.69) is 20.3 Å². The minimum absolute atomic E-state index is 0.00851. The second kappa shape index (κ2) is 6.72. The topological polar surface area (TPSA) is 125 Å². The molecule has 1 atom stereocenters. The maximum absolute atomic E-state index is 12.2. The molecular weight excluding hydrogens is 330 g/mol. The number of anilines is 2. The summed E-state index contributed by atoms with van der Waals surface area (Å²) in [6.45, 7) is 0.638. The van der Waals surface area contributed by atoms with Crippen molar-refractivity contribution in [2.45, 2.75) is 38.3 Å². The Bertz CT molecular complexity index is 965. The third-order valence-corrected chi connectivity index (χ3v) is 4.78. The summed E-state index contributed by atoms with van der Waals surface area (Å²) in [6.07, 6.45) is 6.13. The van der Waals surface area contributed by atoms with Gasteiger partial charge >= 0.3 is 0 Å². The number of nitrogens with one attached hydrogen (secondary N) is 1. The average Bonchev–Trinajstić information content (AvgIpc) is 3.20. The molecule has 1 aromatic carbocycles. The van der Waals surface area contributed by atoms with Gasteiger partial charge in [-0.25, -0.2) is 15.0 Å². The highest BCUT2D eigenvalue weighted by Crippen LogP contribution is 2.31. The van der Waals surface area contributed by atoms with E-state index < -0.39 is 0 Å². The second-order valence-electron chi connectivity index (χ2n) is 6.58. The van der Waals surface area contributed by atoms with E-state index in [1.54, 1.807) is 6.33 Å². The van der Waals surface area contributed by atoms with Gasteiger partial charge in [-0.1, -0.05) is 6.07 Å². The lowest BCUT2D eigenvalue weighted by atomic mass is 10.1. The highest BCUT2D eigenvalue weighted by atomic mass is 16.1. The summed E-state index contributed by atoms with van der Waals surface area (Å²) in [7, 11) is 0. The Morgan fingerprint density at radius 3 is 3.08 bits per heavy atom. The zero-order valence-corrected chi connectivity index (χ0v) is 14.4. The average molecular weight is 351 g/mol. The normalized spacial score (nSPS) is 16.0. The molecule has 0 spiro atoms. The molecule has 0 radical (unpaired) electrons. The van der Waals surface area contributed by atoms with Crippen molar-refractivity contribution >= 4 is 28.6 Å². The molecule has 2 aromatic heterocycles. The van der Waals surface area contributed by atoms with Crippen LogP contribution in [0, 0.1) is 0 Å². The van der Waals surface area contributed by atoms with Gasteiger partial charge in [0.15, 0.2) is 11.5 Å². The maximum atomic E-state index is 12.2. The molecule has 26 heavy (non-hydrogen) atoms. The van der Waals surface area contributed by atoms with Gasteiger partial charge in [0.1, 0.15) is 11.8 Å². The van der Waals surface area contributed by atoms with E-state index in [0.717, 1.165) is 18.5 Å². The SMILES string of the molecule is Nc1ncnc2c1ncn2CCCC(=O)Nc1ccc2c(c1)CC[C@@H]2N. The van der Waals surface area contributed by atoms with Crippen molar-refractivity contribution in [3.8, 4) is 0 Å². The van der Waals surface area contributed by atoms with Crippen molar-refractivity contribution in [3.63, 3.8) is 0 Å². The van der Waals surface area contributed by atoms with E-state index in [4.69, 9.17) is 11.5 Å².